The first kappa shape index (κ1) is 24.2. The number of nitrogens with zero attached hydrogens (tertiary/aromatic N) is 2. The van der Waals surface area contributed by atoms with Crippen LogP contribution in [-0.2, 0) is 13.2 Å². The molecule has 35 heavy (non-hydrogen) atoms. The van der Waals surface area contributed by atoms with Crippen LogP contribution in [0.3, 0.4) is 0 Å². The van der Waals surface area contributed by atoms with Crippen molar-refractivity contribution >= 4 is 40.4 Å². The molecule has 4 rings (SSSR count). The van der Waals surface area contributed by atoms with E-state index in [4.69, 9.17) is 21.1 Å². The lowest BCUT2D eigenvalue weighted by atomic mass is 10.1. The highest BCUT2D eigenvalue weighted by molar-refractivity contribution is 7.13. The van der Waals surface area contributed by atoms with Gasteiger partial charge in [-0.2, -0.15) is 0 Å². The van der Waals surface area contributed by atoms with E-state index < -0.39 is 5.91 Å². The number of halogens is 1. The third kappa shape index (κ3) is 6.78. The number of amides is 2. The molecule has 0 bridgehead atoms. The highest BCUT2D eigenvalue weighted by Gasteiger charge is 2.15. The molecule has 178 valence electrons. The zero-order valence-corrected chi connectivity index (χ0v) is 20.2. The van der Waals surface area contributed by atoms with E-state index in [9.17, 15) is 9.59 Å². The first-order chi connectivity index (χ1) is 17.0. The van der Waals surface area contributed by atoms with Crippen LogP contribution in [0, 0.1) is 0 Å². The molecule has 4 aromatic rings. The summed E-state index contributed by atoms with van der Waals surface area (Å²) >= 11 is 6.99. The molecule has 0 saturated carbocycles. The standard InChI is InChI=1S/C25H21ClN4O4S/c1-33-20-9-5-16(6-10-20)14-27-23(31)17-3-2-4-19(13-17)28-24(32)25-30-29-22(35-25)15-34-21-11-7-18(26)8-12-21/h2-13H,14-15H2,1H3,(H,27,31)(H,28,32). The minimum absolute atomic E-state index is 0.177. The van der Waals surface area contributed by atoms with E-state index in [1.165, 1.54) is 0 Å². The molecule has 0 atom stereocenters. The summed E-state index contributed by atoms with van der Waals surface area (Å²) in [5.41, 5.74) is 1.84. The van der Waals surface area contributed by atoms with Crippen molar-refractivity contribution in [3.63, 3.8) is 0 Å². The second kappa shape index (κ2) is 11.5. The van der Waals surface area contributed by atoms with Crippen molar-refractivity contribution in [3.8, 4) is 11.5 Å². The summed E-state index contributed by atoms with van der Waals surface area (Å²) in [6.07, 6.45) is 0. The topological polar surface area (TPSA) is 102 Å². The normalized spacial score (nSPS) is 10.5. The Morgan fingerprint density at radius 3 is 2.43 bits per heavy atom. The minimum Gasteiger partial charge on any atom is -0.497 e. The summed E-state index contributed by atoms with van der Waals surface area (Å²) in [6.45, 7) is 0.543. The Hall–Kier alpha value is -3.95. The van der Waals surface area contributed by atoms with E-state index >= 15 is 0 Å². The highest BCUT2D eigenvalue weighted by atomic mass is 35.5. The van der Waals surface area contributed by atoms with Crippen molar-refractivity contribution in [1.29, 1.82) is 0 Å². The third-order valence-electron chi connectivity index (χ3n) is 4.83. The quantitative estimate of drug-likeness (QED) is 0.331. The van der Waals surface area contributed by atoms with Gasteiger partial charge in [0.05, 0.1) is 7.11 Å². The number of benzene rings is 3. The Labute approximate surface area is 210 Å². The molecule has 1 aromatic heterocycles. The minimum atomic E-state index is -0.420. The predicted molar refractivity (Wildman–Crippen MR) is 134 cm³/mol. The summed E-state index contributed by atoms with van der Waals surface area (Å²) < 4.78 is 10.8. The van der Waals surface area contributed by atoms with Crippen molar-refractivity contribution in [3.05, 3.63) is 99.0 Å². The Balaban J connectivity index is 1.31. The van der Waals surface area contributed by atoms with Crippen LogP contribution >= 0.6 is 22.9 Å². The number of hydrogen-bond donors (Lipinski definition) is 2. The van der Waals surface area contributed by atoms with Gasteiger partial charge in [0, 0.05) is 22.8 Å². The van der Waals surface area contributed by atoms with Crippen LogP contribution in [0.4, 0.5) is 5.69 Å². The van der Waals surface area contributed by atoms with E-state index in [1.807, 2.05) is 24.3 Å². The number of nitrogens with one attached hydrogen (secondary N) is 2. The Morgan fingerprint density at radius 2 is 1.69 bits per heavy atom. The molecule has 0 spiro atoms. The highest BCUT2D eigenvalue weighted by Crippen LogP contribution is 2.19. The van der Waals surface area contributed by atoms with Gasteiger partial charge in [0.15, 0.2) is 5.01 Å². The van der Waals surface area contributed by atoms with Gasteiger partial charge < -0.3 is 20.1 Å². The van der Waals surface area contributed by atoms with E-state index in [1.54, 1.807) is 55.6 Å². The zero-order chi connectivity index (χ0) is 24.6. The van der Waals surface area contributed by atoms with Crippen LogP contribution in [0.5, 0.6) is 11.5 Å². The van der Waals surface area contributed by atoms with E-state index in [2.05, 4.69) is 20.8 Å². The number of hydrogen-bond acceptors (Lipinski definition) is 7. The predicted octanol–water partition coefficient (Wildman–Crippen LogP) is 4.96. The molecule has 0 aliphatic rings. The summed E-state index contributed by atoms with van der Waals surface area (Å²) in [5, 5.41) is 14.9. The Morgan fingerprint density at radius 1 is 0.943 bits per heavy atom. The monoisotopic (exact) mass is 508 g/mol. The van der Waals surface area contributed by atoms with Gasteiger partial charge in [-0.1, -0.05) is 41.1 Å². The smallest absolute Gasteiger partial charge is 0.286 e. The first-order valence-corrected chi connectivity index (χ1v) is 11.7. The molecule has 0 fully saturated rings. The zero-order valence-electron chi connectivity index (χ0n) is 18.7. The van der Waals surface area contributed by atoms with Gasteiger partial charge in [-0.25, -0.2) is 0 Å². The lowest BCUT2D eigenvalue weighted by molar-refractivity contribution is 0.0949. The molecule has 3 aromatic carbocycles. The summed E-state index contributed by atoms with van der Waals surface area (Å²) in [5.74, 6) is 0.711. The van der Waals surface area contributed by atoms with E-state index in [-0.39, 0.29) is 17.5 Å². The summed E-state index contributed by atoms with van der Waals surface area (Å²) in [7, 11) is 1.60. The number of methoxy groups -OCH3 is 1. The average Bonchev–Trinajstić information content (AvgIpc) is 3.37. The van der Waals surface area contributed by atoms with Crippen LogP contribution in [0.25, 0.3) is 0 Å². The Kier molecular flexibility index (Phi) is 7.92. The van der Waals surface area contributed by atoms with E-state index in [0.29, 0.717) is 33.6 Å². The number of anilines is 1. The second-order valence-corrected chi connectivity index (χ2v) is 8.81. The molecular weight excluding hydrogens is 488 g/mol. The van der Waals surface area contributed by atoms with Crippen molar-refractivity contribution in [2.75, 3.05) is 12.4 Å². The molecule has 0 aliphatic heterocycles. The first-order valence-electron chi connectivity index (χ1n) is 10.5. The molecule has 0 aliphatic carbocycles. The third-order valence-corrected chi connectivity index (χ3v) is 5.98. The number of ether oxygens (including phenoxy) is 2. The van der Waals surface area contributed by atoms with Gasteiger partial charge >= 0.3 is 0 Å². The molecule has 8 nitrogen and oxygen atoms in total. The summed E-state index contributed by atoms with van der Waals surface area (Å²) in [6, 6.07) is 21.1. The number of rotatable bonds is 9. The lowest BCUT2D eigenvalue weighted by Gasteiger charge is -2.08. The van der Waals surface area contributed by atoms with E-state index in [0.717, 1.165) is 22.6 Å². The molecule has 2 N–H and O–H groups in total. The van der Waals surface area contributed by atoms with Crippen LogP contribution in [-0.4, -0.2) is 29.1 Å². The molecular formula is C25H21ClN4O4S. The maximum Gasteiger partial charge on any atom is 0.286 e. The molecule has 10 heteroatoms. The fourth-order valence-corrected chi connectivity index (χ4v) is 3.80. The van der Waals surface area contributed by atoms with Crippen molar-refractivity contribution in [1.82, 2.24) is 15.5 Å². The fourth-order valence-electron chi connectivity index (χ4n) is 3.03. The van der Waals surface area contributed by atoms with Crippen LogP contribution < -0.4 is 20.1 Å². The van der Waals surface area contributed by atoms with Gasteiger partial charge in [0.2, 0.25) is 5.01 Å². The average molecular weight is 509 g/mol. The number of carbonyl (C=O) groups is 2. The second-order valence-electron chi connectivity index (χ2n) is 7.31. The lowest BCUT2D eigenvalue weighted by Crippen LogP contribution is -2.23. The Bertz CT molecular complexity index is 1310. The van der Waals surface area contributed by atoms with Crippen LogP contribution in [0.2, 0.25) is 5.02 Å². The van der Waals surface area contributed by atoms with Crippen LogP contribution in [0.15, 0.2) is 72.8 Å². The van der Waals surface area contributed by atoms with Crippen molar-refractivity contribution in [2.24, 2.45) is 0 Å². The van der Waals surface area contributed by atoms with Gasteiger partial charge in [-0.15, -0.1) is 10.2 Å². The maximum absolute atomic E-state index is 12.6. The largest absolute Gasteiger partial charge is 0.497 e. The van der Waals surface area contributed by atoms with Gasteiger partial charge in [0.1, 0.15) is 18.1 Å². The van der Waals surface area contributed by atoms with Crippen molar-refractivity contribution in [2.45, 2.75) is 13.2 Å². The summed E-state index contributed by atoms with van der Waals surface area (Å²) in [4.78, 5) is 25.2. The SMILES string of the molecule is COc1ccc(CNC(=O)c2cccc(NC(=O)c3nnc(COc4ccc(Cl)cc4)s3)c2)cc1. The fraction of sp³-hybridized carbons (Fsp3) is 0.120. The van der Waals surface area contributed by atoms with Gasteiger partial charge in [0.25, 0.3) is 11.8 Å². The molecule has 0 radical (unpaired) electrons. The van der Waals surface area contributed by atoms with Gasteiger partial charge in [-0.05, 0) is 60.2 Å². The number of carbonyl (C=O) groups excluding carboxylic acids is 2. The maximum atomic E-state index is 12.6. The van der Waals surface area contributed by atoms with Crippen molar-refractivity contribution < 1.29 is 19.1 Å². The molecule has 1 heterocycles. The van der Waals surface area contributed by atoms with Gasteiger partial charge in [-0.3, -0.25) is 9.59 Å². The molecule has 2 amide bonds. The molecule has 0 unspecified atom stereocenters. The van der Waals surface area contributed by atoms with Crippen LogP contribution in [0.1, 0.15) is 30.7 Å². The molecule has 0 saturated heterocycles. The number of aromatic nitrogens is 2.